The van der Waals surface area contributed by atoms with Gasteiger partial charge in [0.1, 0.15) is 0 Å². The Hall–Kier alpha value is -0.610. The van der Waals surface area contributed by atoms with Crippen LogP contribution in [0.4, 0.5) is 0 Å². The largest absolute Gasteiger partial charge is 0.395 e. The van der Waals surface area contributed by atoms with Crippen molar-refractivity contribution in [2.45, 2.75) is 51.2 Å². The van der Waals surface area contributed by atoms with Gasteiger partial charge >= 0.3 is 0 Å². The Bertz CT molecular complexity index is 231. The average Bonchev–Trinajstić information content (AvgIpc) is 2.19. The summed E-state index contributed by atoms with van der Waals surface area (Å²) in [6, 6.07) is 0.133. The van der Waals surface area contributed by atoms with E-state index in [1.807, 2.05) is 13.8 Å². The number of hydrogen-bond acceptors (Lipinski definition) is 3. The second-order valence-corrected chi connectivity index (χ2v) is 4.82. The van der Waals surface area contributed by atoms with Gasteiger partial charge in [-0.15, -0.1) is 0 Å². The third-order valence-electron chi connectivity index (χ3n) is 3.46. The van der Waals surface area contributed by atoms with E-state index >= 15 is 0 Å². The van der Waals surface area contributed by atoms with Crippen LogP contribution in [0.2, 0.25) is 0 Å². The van der Waals surface area contributed by atoms with Gasteiger partial charge in [-0.1, -0.05) is 0 Å². The van der Waals surface area contributed by atoms with Crippen LogP contribution in [-0.2, 0) is 9.53 Å². The van der Waals surface area contributed by atoms with E-state index in [9.17, 15) is 4.79 Å². The highest BCUT2D eigenvalue weighted by atomic mass is 16.5. The molecule has 0 aromatic carbocycles. The summed E-state index contributed by atoms with van der Waals surface area (Å²) in [5.41, 5.74) is -0.223. The highest BCUT2D eigenvalue weighted by molar-refractivity contribution is 5.77. The Morgan fingerprint density at radius 3 is 2.44 bits per heavy atom. The lowest BCUT2D eigenvalue weighted by atomic mass is 9.77. The molecule has 1 amide bonds. The molecule has 1 aliphatic rings. The molecule has 4 nitrogen and oxygen atoms in total. The lowest BCUT2D eigenvalue weighted by Gasteiger charge is -2.41. The molecule has 0 unspecified atom stereocenters. The number of aliphatic hydroxyl groups is 1. The zero-order chi connectivity index (χ0) is 12.2. The number of hydrogen-bond donors (Lipinski definition) is 1. The first-order valence-corrected chi connectivity index (χ1v) is 6.00. The van der Waals surface area contributed by atoms with Gasteiger partial charge in [-0.3, -0.25) is 4.79 Å². The second kappa shape index (κ2) is 5.64. The predicted octanol–water partition coefficient (Wildman–Crippen LogP) is 1.17. The first-order valence-electron chi connectivity index (χ1n) is 6.00. The number of rotatable bonds is 6. The van der Waals surface area contributed by atoms with Crippen molar-refractivity contribution in [2.75, 3.05) is 20.3 Å². The Morgan fingerprint density at radius 1 is 1.50 bits per heavy atom. The molecule has 1 aliphatic carbocycles. The minimum Gasteiger partial charge on any atom is -0.395 e. The minimum absolute atomic E-state index is 0.0178. The molecule has 0 saturated heterocycles. The number of aliphatic hydroxyl groups excluding tert-OH is 1. The summed E-state index contributed by atoms with van der Waals surface area (Å²) in [5.74, 6) is 0.0885. The van der Waals surface area contributed by atoms with Crippen molar-refractivity contribution in [3.05, 3.63) is 0 Å². The van der Waals surface area contributed by atoms with Gasteiger partial charge in [0, 0.05) is 19.7 Å². The fourth-order valence-electron chi connectivity index (χ4n) is 2.18. The SMILES string of the molecule is COC1(CC(=O)N(CCO)C(C)C)CCC1. The van der Waals surface area contributed by atoms with Gasteiger partial charge in [-0.25, -0.2) is 0 Å². The van der Waals surface area contributed by atoms with Crippen molar-refractivity contribution in [3.63, 3.8) is 0 Å². The van der Waals surface area contributed by atoms with E-state index in [0.29, 0.717) is 13.0 Å². The Morgan fingerprint density at radius 2 is 2.12 bits per heavy atom. The summed E-state index contributed by atoms with van der Waals surface area (Å²) in [5, 5.41) is 8.94. The molecule has 1 saturated carbocycles. The lowest BCUT2D eigenvalue weighted by molar-refractivity contribution is -0.146. The van der Waals surface area contributed by atoms with Crippen LogP contribution in [0.15, 0.2) is 0 Å². The molecule has 0 aromatic heterocycles. The van der Waals surface area contributed by atoms with Crippen LogP contribution < -0.4 is 0 Å². The van der Waals surface area contributed by atoms with Crippen LogP contribution in [0, 0.1) is 0 Å². The molecule has 0 heterocycles. The normalized spacial score (nSPS) is 18.3. The topological polar surface area (TPSA) is 49.8 Å². The lowest BCUT2D eigenvalue weighted by Crippen LogP contribution is -2.47. The van der Waals surface area contributed by atoms with Crippen molar-refractivity contribution in [1.29, 1.82) is 0 Å². The number of amides is 1. The van der Waals surface area contributed by atoms with Crippen LogP contribution in [0.1, 0.15) is 39.5 Å². The smallest absolute Gasteiger partial charge is 0.225 e. The summed E-state index contributed by atoms with van der Waals surface area (Å²) in [6.45, 7) is 4.36. The highest BCUT2D eigenvalue weighted by Crippen LogP contribution is 2.38. The van der Waals surface area contributed by atoms with Crippen molar-refractivity contribution in [2.24, 2.45) is 0 Å². The predicted molar refractivity (Wildman–Crippen MR) is 62.1 cm³/mol. The standard InChI is InChI=1S/C12H23NO3/c1-10(2)13(7-8-14)11(15)9-12(16-3)5-4-6-12/h10,14H,4-9H2,1-3H3. The number of carbonyl (C=O) groups excluding carboxylic acids is 1. The first-order chi connectivity index (χ1) is 7.54. The summed E-state index contributed by atoms with van der Waals surface area (Å²) in [6.07, 6.45) is 3.53. The van der Waals surface area contributed by atoms with Crippen molar-refractivity contribution in [3.8, 4) is 0 Å². The zero-order valence-electron chi connectivity index (χ0n) is 10.5. The number of carbonyl (C=O) groups is 1. The van der Waals surface area contributed by atoms with Crippen LogP contribution in [0.25, 0.3) is 0 Å². The minimum atomic E-state index is -0.223. The maximum absolute atomic E-state index is 12.1. The van der Waals surface area contributed by atoms with E-state index in [-0.39, 0.29) is 24.2 Å². The van der Waals surface area contributed by atoms with Crippen LogP contribution in [-0.4, -0.2) is 47.8 Å². The summed E-state index contributed by atoms with van der Waals surface area (Å²) >= 11 is 0. The number of nitrogens with zero attached hydrogens (tertiary/aromatic N) is 1. The van der Waals surface area contributed by atoms with Crippen molar-refractivity contribution < 1.29 is 14.6 Å². The van der Waals surface area contributed by atoms with Crippen molar-refractivity contribution in [1.82, 2.24) is 4.90 Å². The van der Waals surface area contributed by atoms with Gasteiger partial charge in [0.25, 0.3) is 0 Å². The van der Waals surface area contributed by atoms with Crippen LogP contribution in [0.5, 0.6) is 0 Å². The van der Waals surface area contributed by atoms with Gasteiger partial charge in [-0.2, -0.15) is 0 Å². The molecule has 0 bridgehead atoms. The van der Waals surface area contributed by atoms with Crippen molar-refractivity contribution >= 4 is 5.91 Å². The van der Waals surface area contributed by atoms with E-state index in [1.54, 1.807) is 12.0 Å². The highest BCUT2D eigenvalue weighted by Gasteiger charge is 2.40. The molecule has 1 rings (SSSR count). The molecule has 0 radical (unpaired) electrons. The Balaban J connectivity index is 2.54. The fraction of sp³-hybridized carbons (Fsp3) is 0.917. The summed E-state index contributed by atoms with van der Waals surface area (Å²) in [7, 11) is 1.68. The fourth-order valence-corrected chi connectivity index (χ4v) is 2.18. The molecule has 4 heteroatoms. The zero-order valence-corrected chi connectivity index (χ0v) is 10.5. The van der Waals surface area contributed by atoms with Gasteiger partial charge in [-0.05, 0) is 33.1 Å². The molecule has 16 heavy (non-hydrogen) atoms. The maximum atomic E-state index is 12.1. The first kappa shape index (κ1) is 13.5. The van der Waals surface area contributed by atoms with E-state index < -0.39 is 0 Å². The second-order valence-electron chi connectivity index (χ2n) is 4.82. The Kier molecular flexibility index (Phi) is 4.74. The maximum Gasteiger partial charge on any atom is 0.225 e. The number of ether oxygens (including phenoxy) is 1. The molecule has 0 atom stereocenters. The van der Waals surface area contributed by atoms with Gasteiger partial charge in [0.05, 0.1) is 18.6 Å². The average molecular weight is 229 g/mol. The molecule has 0 aliphatic heterocycles. The van der Waals surface area contributed by atoms with Gasteiger partial charge in [0.15, 0.2) is 0 Å². The van der Waals surface area contributed by atoms with Gasteiger partial charge in [0.2, 0.25) is 5.91 Å². The van der Waals surface area contributed by atoms with E-state index in [2.05, 4.69) is 0 Å². The molecular weight excluding hydrogens is 206 g/mol. The van der Waals surface area contributed by atoms with E-state index in [0.717, 1.165) is 19.3 Å². The molecule has 1 fully saturated rings. The molecule has 0 aromatic rings. The van der Waals surface area contributed by atoms with Crippen LogP contribution in [0.3, 0.4) is 0 Å². The Labute approximate surface area is 97.6 Å². The van der Waals surface area contributed by atoms with Gasteiger partial charge < -0.3 is 14.7 Å². The molecule has 0 spiro atoms. The third kappa shape index (κ3) is 2.95. The molecule has 94 valence electrons. The van der Waals surface area contributed by atoms with E-state index in [1.165, 1.54) is 0 Å². The third-order valence-corrected chi connectivity index (χ3v) is 3.46. The number of methoxy groups -OCH3 is 1. The molecule has 1 N–H and O–H groups in total. The quantitative estimate of drug-likeness (QED) is 0.744. The van der Waals surface area contributed by atoms with E-state index in [4.69, 9.17) is 9.84 Å². The van der Waals surface area contributed by atoms with Crippen LogP contribution >= 0.6 is 0 Å². The monoisotopic (exact) mass is 229 g/mol. The summed E-state index contributed by atoms with van der Waals surface area (Å²) < 4.78 is 5.44. The molecular formula is C12H23NO3. The summed E-state index contributed by atoms with van der Waals surface area (Å²) in [4.78, 5) is 13.8.